The van der Waals surface area contributed by atoms with Crippen LogP contribution in [0.1, 0.15) is 10.4 Å². The Balaban J connectivity index is 2.25. The van der Waals surface area contributed by atoms with Gasteiger partial charge in [0.2, 0.25) is 0 Å². The molecule has 0 aliphatic carbocycles. The van der Waals surface area contributed by atoms with Crippen LogP contribution in [0.25, 0.3) is 0 Å². The first-order valence-electron chi connectivity index (χ1n) is 5.28. The summed E-state index contributed by atoms with van der Waals surface area (Å²) in [4.78, 5) is 11.9. The molecule has 19 heavy (non-hydrogen) atoms. The lowest BCUT2D eigenvalue weighted by molar-refractivity contribution is 0.102. The minimum absolute atomic E-state index is 0.109. The lowest BCUT2D eigenvalue weighted by Crippen LogP contribution is -2.13. The van der Waals surface area contributed by atoms with Crippen LogP contribution in [0.4, 0.5) is 20.2 Å². The topological polar surface area (TPSA) is 55.1 Å². The monoisotopic (exact) mass is 374 g/mol. The van der Waals surface area contributed by atoms with E-state index in [0.29, 0.717) is 9.26 Å². The summed E-state index contributed by atoms with van der Waals surface area (Å²) in [5, 5.41) is 2.57. The molecule has 0 unspecified atom stereocenters. The maximum atomic E-state index is 13.1. The molecule has 0 atom stereocenters. The van der Waals surface area contributed by atoms with Crippen LogP contribution >= 0.6 is 22.6 Å². The molecule has 0 radical (unpaired) electrons. The van der Waals surface area contributed by atoms with Crippen LogP contribution < -0.4 is 11.1 Å². The summed E-state index contributed by atoms with van der Waals surface area (Å²) in [6, 6.07) is 7.54. The van der Waals surface area contributed by atoms with Gasteiger partial charge in [0, 0.05) is 14.8 Å². The average Bonchev–Trinajstić information content (AvgIpc) is 2.31. The van der Waals surface area contributed by atoms with Crippen molar-refractivity contribution < 1.29 is 13.6 Å². The van der Waals surface area contributed by atoms with Crippen molar-refractivity contribution in [3.8, 4) is 0 Å². The number of nitrogen functional groups attached to an aromatic ring is 1. The first kappa shape index (κ1) is 13.7. The van der Waals surface area contributed by atoms with E-state index in [-0.39, 0.29) is 11.3 Å². The third kappa shape index (κ3) is 3.40. The highest BCUT2D eigenvalue weighted by molar-refractivity contribution is 14.1. The zero-order valence-corrected chi connectivity index (χ0v) is 11.7. The molecule has 6 heteroatoms. The van der Waals surface area contributed by atoms with Gasteiger partial charge in [-0.15, -0.1) is 0 Å². The van der Waals surface area contributed by atoms with Crippen molar-refractivity contribution in [1.82, 2.24) is 0 Å². The third-order valence-electron chi connectivity index (χ3n) is 2.36. The molecule has 2 aromatic rings. The Bertz CT molecular complexity index is 626. The van der Waals surface area contributed by atoms with Crippen molar-refractivity contribution in [2.45, 2.75) is 0 Å². The zero-order valence-electron chi connectivity index (χ0n) is 9.58. The van der Waals surface area contributed by atoms with Gasteiger partial charge in [-0.3, -0.25) is 4.79 Å². The highest BCUT2D eigenvalue weighted by atomic mass is 127. The Morgan fingerprint density at radius 3 is 2.47 bits per heavy atom. The van der Waals surface area contributed by atoms with Gasteiger partial charge in [-0.25, -0.2) is 8.78 Å². The lowest BCUT2D eigenvalue weighted by atomic mass is 10.1. The number of carbonyl (C=O) groups is 1. The van der Waals surface area contributed by atoms with E-state index in [1.54, 1.807) is 0 Å². The number of halogens is 3. The summed E-state index contributed by atoms with van der Waals surface area (Å²) in [5.74, 6) is -1.48. The second-order valence-electron chi connectivity index (χ2n) is 3.85. The van der Waals surface area contributed by atoms with Crippen molar-refractivity contribution in [3.05, 3.63) is 57.2 Å². The van der Waals surface area contributed by atoms with E-state index in [2.05, 4.69) is 5.32 Å². The van der Waals surface area contributed by atoms with Gasteiger partial charge < -0.3 is 11.1 Å². The van der Waals surface area contributed by atoms with E-state index in [0.717, 1.165) is 12.1 Å². The second-order valence-corrected chi connectivity index (χ2v) is 5.01. The maximum Gasteiger partial charge on any atom is 0.255 e. The summed E-state index contributed by atoms with van der Waals surface area (Å²) in [5.41, 5.74) is 6.20. The summed E-state index contributed by atoms with van der Waals surface area (Å²) < 4.78 is 26.6. The van der Waals surface area contributed by atoms with Crippen LogP contribution in [-0.4, -0.2) is 5.91 Å². The van der Waals surface area contributed by atoms with E-state index < -0.39 is 17.5 Å². The Morgan fingerprint density at radius 1 is 1.11 bits per heavy atom. The molecule has 0 saturated heterocycles. The summed E-state index contributed by atoms with van der Waals surface area (Å²) in [6.07, 6.45) is 0. The summed E-state index contributed by atoms with van der Waals surface area (Å²) >= 11 is 1.90. The number of rotatable bonds is 2. The van der Waals surface area contributed by atoms with Gasteiger partial charge >= 0.3 is 0 Å². The van der Waals surface area contributed by atoms with Gasteiger partial charge in [0.1, 0.15) is 11.6 Å². The highest BCUT2D eigenvalue weighted by Crippen LogP contribution is 2.20. The molecule has 98 valence electrons. The standard InChI is InChI=1S/C13H9F2IN2O/c14-8-1-2-12(11(16)6-8)18-13(19)7-3-9(15)5-10(17)4-7/h1-6H,17H2,(H,18,19). The van der Waals surface area contributed by atoms with E-state index in [4.69, 9.17) is 5.73 Å². The van der Waals surface area contributed by atoms with Crippen LogP contribution in [0, 0.1) is 15.2 Å². The Labute approximate surface area is 121 Å². The smallest absolute Gasteiger partial charge is 0.255 e. The predicted octanol–water partition coefficient (Wildman–Crippen LogP) is 3.40. The molecule has 3 N–H and O–H groups in total. The third-order valence-corrected chi connectivity index (χ3v) is 3.25. The number of anilines is 2. The second kappa shape index (κ2) is 5.52. The van der Waals surface area contributed by atoms with E-state index >= 15 is 0 Å². The molecule has 0 aliphatic rings. The van der Waals surface area contributed by atoms with Crippen molar-refractivity contribution in [2.75, 3.05) is 11.1 Å². The quantitative estimate of drug-likeness (QED) is 0.626. The summed E-state index contributed by atoms with van der Waals surface area (Å²) in [6.45, 7) is 0. The number of hydrogen-bond donors (Lipinski definition) is 2. The van der Waals surface area contributed by atoms with Gasteiger partial charge in [0.25, 0.3) is 5.91 Å². The number of amides is 1. The van der Waals surface area contributed by atoms with Gasteiger partial charge in [-0.1, -0.05) is 0 Å². The van der Waals surface area contributed by atoms with Gasteiger partial charge in [0.15, 0.2) is 0 Å². The number of benzene rings is 2. The molecule has 2 aromatic carbocycles. The molecular formula is C13H9F2IN2O. The first-order valence-corrected chi connectivity index (χ1v) is 6.36. The van der Waals surface area contributed by atoms with Crippen molar-refractivity contribution >= 4 is 39.9 Å². The molecular weight excluding hydrogens is 365 g/mol. The first-order chi connectivity index (χ1) is 8.95. The lowest BCUT2D eigenvalue weighted by Gasteiger charge is -2.08. The molecule has 1 amide bonds. The molecule has 0 heterocycles. The van der Waals surface area contributed by atoms with Gasteiger partial charge in [-0.05, 0) is 59.0 Å². The predicted molar refractivity (Wildman–Crippen MR) is 77.9 cm³/mol. The fourth-order valence-corrected chi connectivity index (χ4v) is 2.14. The Morgan fingerprint density at radius 2 is 1.84 bits per heavy atom. The number of carbonyl (C=O) groups excluding carboxylic acids is 1. The van der Waals surface area contributed by atoms with Crippen LogP contribution in [-0.2, 0) is 0 Å². The van der Waals surface area contributed by atoms with Crippen molar-refractivity contribution in [3.63, 3.8) is 0 Å². The SMILES string of the molecule is Nc1cc(F)cc(C(=O)Nc2ccc(F)cc2I)c1. The van der Waals surface area contributed by atoms with E-state index in [1.165, 1.54) is 24.3 Å². The molecule has 0 spiro atoms. The minimum atomic E-state index is -0.584. The summed E-state index contributed by atoms with van der Waals surface area (Å²) in [7, 11) is 0. The minimum Gasteiger partial charge on any atom is -0.399 e. The molecule has 0 bridgehead atoms. The van der Waals surface area contributed by atoms with Crippen LogP contribution in [0.5, 0.6) is 0 Å². The zero-order chi connectivity index (χ0) is 14.0. The molecule has 0 fully saturated rings. The highest BCUT2D eigenvalue weighted by Gasteiger charge is 2.10. The molecule has 0 aromatic heterocycles. The van der Waals surface area contributed by atoms with Crippen LogP contribution in [0.15, 0.2) is 36.4 Å². The number of hydrogen-bond acceptors (Lipinski definition) is 2. The van der Waals surface area contributed by atoms with Gasteiger partial charge in [0.05, 0.1) is 5.69 Å². The van der Waals surface area contributed by atoms with Crippen molar-refractivity contribution in [1.29, 1.82) is 0 Å². The number of nitrogens with two attached hydrogens (primary N) is 1. The number of nitrogens with one attached hydrogen (secondary N) is 1. The maximum absolute atomic E-state index is 13.1. The van der Waals surface area contributed by atoms with Crippen LogP contribution in [0.2, 0.25) is 0 Å². The largest absolute Gasteiger partial charge is 0.399 e. The fourth-order valence-electron chi connectivity index (χ4n) is 1.53. The normalized spacial score (nSPS) is 10.3. The van der Waals surface area contributed by atoms with Crippen molar-refractivity contribution in [2.24, 2.45) is 0 Å². The average molecular weight is 374 g/mol. The van der Waals surface area contributed by atoms with E-state index in [9.17, 15) is 13.6 Å². The molecule has 0 aliphatic heterocycles. The van der Waals surface area contributed by atoms with Gasteiger partial charge in [-0.2, -0.15) is 0 Å². The molecule has 2 rings (SSSR count). The van der Waals surface area contributed by atoms with E-state index in [1.807, 2.05) is 22.6 Å². The Kier molecular flexibility index (Phi) is 3.98. The Hall–Kier alpha value is -1.70. The van der Waals surface area contributed by atoms with Crippen LogP contribution in [0.3, 0.4) is 0 Å². The molecule has 0 saturated carbocycles. The fraction of sp³-hybridized carbons (Fsp3) is 0. The molecule has 3 nitrogen and oxygen atoms in total.